The third kappa shape index (κ3) is 1.81. The molecule has 3 heteroatoms. The van der Waals surface area contributed by atoms with E-state index in [4.69, 9.17) is 5.73 Å². The molecule has 2 rings (SSSR count). The molecule has 0 fully saturated rings. The van der Waals surface area contributed by atoms with Crippen molar-refractivity contribution in [1.29, 1.82) is 0 Å². The van der Waals surface area contributed by atoms with Gasteiger partial charge in [-0.15, -0.1) is 0 Å². The molecular formula is C12H12N2O. The molecule has 0 radical (unpaired) electrons. The zero-order chi connectivity index (χ0) is 10.8. The molecule has 0 aliphatic heterocycles. The fraction of sp³-hybridized carbons (Fsp3) is 0.167. The monoisotopic (exact) mass is 200 g/mol. The first-order valence-corrected chi connectivity index (χ1v) is 4.90. The van der Waals surface area contributed by atoms with E-state index < -0.39 is 5.91 Å². The van der Waals surface area contributed by atoms with Crippen LogP contribution in [0.2, 0.25) is 0 Å². The second kappa shape index (κ2) is 3.69. The summed E-state index contributed by atoms with van der Waals surface area (Å²) in [4.78, 5) is 15.2. The van der Waals surface area contributed by atoms with Crippen LogP contribution in [-0.4, -0.2) is 10.9 Å². The summed E-state index contributed by atoms with van der Waals surface area (Å²) < 4.78 is 0. The molecular weight excluding hydrogens is 188 g/mol. The van der Waals surface area contributed by atoms with Gasteiger partial charge in [0.25, 0.3) is 5.91 Å². The van der Waals surface area contributed by atoms with Crippen LogP contribution >= 0.6 is 0 Å². The molecule has 3 nitrogen and oxygen atoms in total. The van der Waals surface area contributed by atoms with E-state index in [0.717, 1.165) is 17.3 Å². The normalized spacial score (nSPS) is 10.5. The maximum atomic E-state index is 11.0. The van der Waals surface area contributed by atoms with E-state index in [1.807, 2.05) is 18.2 Å². The van der Waals surface area contributed by atoms with Crippen LogP contribution in [-0.2, 0) is 6.42 Å². The minimum atomic E-state index is -0.487. The topological polar surface area (TPSA) is 56.0 Å². The molecule has 1 aromatic heterocycles. The summed E-state index contributed by atoms with van der Waals surface area (Å²) in [5, 5.41) is 1.03. The van der Waals surface area contributed by atoms with Crippen molar-refractivity contribution in [1.82, 2.24) is 4.98 Å². The zero-order valence-electron chi connectivity index (χ0n) is 8.53. The lowest BCUT2D eigenvalue weighted by molar-refractivity contribution is 0.0996. The van der Waals surface area contributed by atoms with E-state index >= 15 is 0 Å². The molecule has 0 atom stereocenters. The van der Waals surface area contributed by atoms with E-state index in [1.54, 1.807) is 6.07 Å². The molecule has 0 spiro atoms. The van der Waals surface area contributed by atoms with Crippen LogP contribution in [0.3, 0.4) is 0 Å². The number of fused-ring (bicyclic) bond motifs is 1. The van der Waals surface area contributed by atoms with Gasteiger partial charge in [0.05, 0.1) is 5.52 Å². The molecule has 15 heavy (non-hydrogen) atoms. The van der Waals surface area contributed by atoms with Gasteiger partial charge in [0, 0.05) is 5.39 Å². The Balaban J connectivity index is 2.62. The molecule has 0 saturated heterocycles. The third-order valence-electron chi connectivity index (χ3n) is 2.42. The molecule has 0 aliphatic carbocycles. The van der Waals surface area contributed by atoms with E-state index in [0.29, 0.717) is 5.69 Å². The number of primary amides is 1. The van der Waals surface area contributed by atoms with Gasteiger partial charge in [-0.1, -0.05) is 25.1 Å². The predicted molar refractivity (Wildman–Crippen MR) is 59.6 cm³/mol. The lowest BCUT2D eigenvalue weighted by atomic mass is 10.1. The Hall–Kier alpha value is -1.90. The van der Waals surface area contributed by atoms with Crippen molar-refractivity contribution < 1.29 is 4.79 Å². The molecule has 0 bridgehead atoms. The van der Waals surface area contributed by atoms with Gasteiger partial charge < -0.3 is 5.73 Å². The second-order valence-corrected chi connectivity index (χ2v) is 3.44. The van der Waals surface area contributed by atoms with Crippen molar-refractivity contribution in [2.45, 2.75) is 13.3 Å². The first kappa shape index (κ1) is 9.65. The summed E-state index contributed by atoms with van der Waals surface area (Å²) >= 11 is 0. The minimum Gasteiger partial charge on any atom is -0.364 e. The highest BCUT2D eigenvalue weighted by atomic mass is 16.1. The van der Waals surface area contributed by atoms with E-state index in [9.17, 15) is 4.79 Å². The average Bonchev–Trinajstić information content (AvgIpc) is 2.27. The summed E-state index contributed by atoms with van der Waals surface area (Å²) in [6.07, 6.45) is 0.957. The Morgan fingerprint density at radius 2 is 2.07 bits per heavy atom. The summed E-state index contributed by atoms with van der Waals surface area (Å²) in [6, 6.07) is 9.57. The number of aromatic nitrogens is 1. The van der Waals surface area contributed by atoms with Crippen molar-refractivity contribution in [2.75, 3.05) is 0 Å². The quantitative estimate of drug-likeness (QED) is 0.804. The Labute approximate surface area is 87.9 Å². The SMILES string of the molecule is CCc1ccc2ccc(C(N)=O)nc2c1. The van der Waals surface area contributed by atoms with Crippen LogP contribution in [0.15, 0.2) is 30.3 Å². The van der Waals surface area contributed by atoms with Gasteiger partial charge >= 0.3 is 0 Å². The van der Waals surface area contributed by atoms with Crippen LogP contribution in [0.4, 0.5) is 0 Å². The van der Waals surface area contributed by atoms with E-state index in [1.165, 1.54) is 5.56 Å². The van der Waals surface area contributed by atoms with Crippen LogP contribution < -0.4 is 5.73 Å². The van der Waals surface area contributed by atoms with Crippen LogP contribution in [0.25, 0.3) is 10.9 Å². The number of rotatable bonds is 2. The molecule has 0 saturated carbocycles. The van der Waals surface area contributed by atoms with Gasteiger partial charge in [0.1, 0.15) is 5.69 Å². The Morgan fingerprint density at radius 3 is 2.73 bits per heavy atom. The average molecular weight is 200 g/mol. The molecule has 1 amide bonds. The van der Waals surface area contributed by atoms with Crippen molar-refractivity contribution >= 4 is 16.8 Å². The molecule has 1 aromatic carbocycles. The van der Waals surface area contributed by atoms with Crippen LogP contribution in [0.1, 0.15) is 23.0 Å². The van der Waals surface area contributed by atoms with Gasteiger partial charge in [-0.05, 0) is 24.1 Å². The van der Waals surface area contributed by atoms with Gasteiger partial charge in [0.15, 0.2) is 0 Å². The maximum absolute atomic E-state index is 11.0. The minimum absolute atomic E-state index is 0.316. The maximum Gasteiger partial charge on any atom is 0.267 e. The summed E-state index contributed by atoms with van der Waals surface area (Å²) in [7, 11) is 0. The largest absolute Gasteiger partial charge is 0.364 e. The second-order valence-electron chi connectivity index (χ2n) is 3.44. The number of benzene rings is 1. The van der Waals surface area contributed by atoms with E-state index in [-0.39, 0.29) is 0 Å². The fourth-order valence-corrected chi connectivity index (χ4v) is 1.52. The molecule has 0 unspecified atom stereocenters. The third-order valence-corrected chi connectivity index (χ3v) is 2.42. The van der Waals surface area contributed by atoms with Gasteiger partial charge in [-0.3, -0.25) is 4.79 Å². The predicted octanol–water partition coefficient (Wildman–Crippen LogP) is 1.90. The summed E-state index contributed by atoms with van der Waals surface area (Å²) in [5.74, 6) is -0.487. The fourth-order valence-electron chi connectivity index (χ4n) is 1.52. The Kier molecular flexibility index (Phi) is 2.37. The van der Waals surface area contributed by atoms with Crippen molar-refractivity contribution in [2.24, 2.45) is 5.73 Å². The smallest absolute Gasteiger partial charge is 0.267 e. The van der Waals surface area contributed by atoms with Crippen LogP contribution in [0.5, 0.6) is 0 Å². The van der Waals surface area contributed by atoms with Crippen molar-refractivity contribution in [3.8, 4) is 0 Å². The number of amides is 1. The van der Waals surface area contributed by atoms with Crippen LogP contribution in [0, 0.1) is 0 Å². The molecule has 76 valence electrons. The number of nitrogens with two attached hydrogens (primary N) is 1. The molecule has 2 aromatic rings. The standard InChI is InChI=1S/C12H12N2O/c1-2-8-3-4-9-5-6-10(12(13)15)14-11(9)7-8/h3-7H,2H2,1H3,(H2,13,15). The lowest BCUT2D eigenvalue weighted by Gasteiger charge is -2.01. The number of nitrogens with zero attached hydrogens (tertiary/aromatic N) is 1. The first-order valence-electron chi connectivity index (χ1n) is 4.90. The van der Waals surface area contributed by atoms with Gasteiger partial charge in [-0.2, -0.15) is 0 Å². The van der Waals surface area contributed by atoms with Gasteiger partial charge in [-0.25, -0.2) is 4.98 Å². The lowest BCUT2D eigenvalue weighted by Crippen LogP contribution is -2.12. The zero-order valence-corrected chi connectivity index (χ0v) is 8.53. The highest BCUT2D eigenvalue weighted by molar-refractivity contribution is 5.93. The first-order chi connectivity index (χ1) is 7.20. The number of aryl methyl sites for hydroxylation is 1. The number of carbonyl (C=O) groups excluding carboxylic acids is 1. The molecule has 1 heterocycles. The number of carbonyl (C=O) groups is 1. The molecule has 2 N–H and O–H groups in total. The summed E-state index contributed by atoms with van der Waals surface area (Å²) in [6.45, 7) is 2.08. The summed E-state index contributed by atoms with van der Waals surface area (Å²) in [5.41, 5.74) is 7.52. The number of hydrogen-bond acceptors (Lipinski definition) is 2. The van der Waals surface area contributed by atoms with E-state index in [2.05, 4.69) is 18.0 Å². The molecule has 0 aliphatic rings. The van der Waals surface area contributed by atoms with Crippen molar-refractivity contribution in [3.05, 3.63) is 41.6 Å². The van der Waals surface area contributed by atoms with Crippen molar-refractivity contribution in [3.63, 3.8) is 0 Å². The Morgan fingerprint density at radius 1 is 1.33 bits per heavy atom. The van der Waals surface area contributed by atoms with Gasteiger partial charge in [0.2, 0.25) is 0 Å². The number of pyridine rings is 1. The highest BCUT2D eigenvalue weighted by Gasteiger charge is 2.03. The number of hydrogen-bond donors (Lipinski definition) is 1. The Bertz CT molecular complexity index is 520. The highest BCUT2D eigenvalue weighted by Crippen LogP contribution is 2.15.